The van der Waals surface area contributed by atoms with E-state index in [-0.39, 0.29) is 15.4 Å². The van der Waals surface area contributed by atoms with E-state index >= 15 is 0 Å². The average molecular weight is 584 g/mol. The molecule has 2 aromatic carbocycles. The summed E-state index contributed by atoms with van der Waals surface area (Å²) in [6, 6.07) is 15.5. The van der Waals surface area contributed by atoms with Gasteiger partial charge in [0.15, 0.2) is 0 Å². The van der Waals surface area contributed by atoms with Crippen molar-refractivity contribution < 1.29 is 19.4 Å². The molecule has 3 rings (SSSR count). The van der Waals surface area contributed by atoms with Crippen molar-refractivity contribution in [2.75, 3.05) is 6.61 Å². The zero-order valence-electron chi connectivity index (χ0n) is 22.0. The summed E-state index contributed by atoms with van der Waals surface area (Å²) < 4.78 is 8.38. The zero-order chi connectivity index (χ0) is 26.9. The number of thiol groups is 1. The van der Waals surface area contributed by atoms with E-state index in [1.54, 1.807) is 12.1 Å². The molecule has 1 atom stereocenters. The number of carbonyl (C=O) groups excluding carboxylic acids is 1. The molecule has 197 valence electrons. The van der Waals surface area contributed by atoms with Gasteiger partial charge < -0.3 is 0 Å². The van der Waals surface area contributed by atoms with E-state index < -0.39 is 21.7 Å². The number of aromatic carboxylic acids is 1. The van der Waals surface area contributed by atoms with E-state index in [1.165, 1.54) is 0 Å². The summed E-state index contributed by atoms with van der Waals surface area (Å²) in [5.74, 6) is -0.509. The van der Waals surface area contributed by atoms with Gasteiger partial charge in [0.2, 0.25) is 0 Å². The molecule has 1 aromatic heterocycles. The Hall–Kier alpha value is -2.50. The normalized spacial score (nSPS) is 12.4. The van der Waals surface area contributed by atoms with Crippen LogP contribution in [0.1, 0.15) is 67.8 Å². The van der Waals surface area contributed by atoms with E-state index in [0.717, 1.165) is 41.8 Å². The molecule has 1 heterocycles. The van der Waals surface area contributed by atoms with Crippen molar-refractivity contribution in [3.8, 4) is 17.1 Å². The summed E-state index contributed by atoms with van der Waals surface area (Å²) in [6.45, 7) is 9.50. The predicted molar refractivity (Wildman–Crippen MR) is 152 cm³/mol. The number of benzene rings is 2. The number of carbonyl (C=O) groups is 2. The molecule has 0 aliphatic rings. The summed E-state index contributed by atoms with van der Waals surface area (Å²) >= 11 is 4.00. The van der Waals surface area contributed by atoms with Crippen LogP contribution in [-0.2, 0) is 23.0 Å². The number of carboxylic acids is 1. The van der Waals surface area contributed by atoms with Crippen molar-refractivity contribution in [2.45, 2.75) is 64.0 Å². The number of hydrogen-bond acceptors (Lipinski definition) is 5. The van der Waals surface area contributed by atoms with Gasteiger partial charge in [0.25, 0.3) is 0 Å². The van der Waals surface area contributed by atoms with Crippen LogP contribution < -0.4 is 4.74 Å². The quantitative estimate of drug-likeness (QED) is 0.187. The van der Waals surface area contributed by atoms with Crippen LogP contribution in [0.5, 0.6) is 6.01 Å². The van der Waals surface area contributed by atoms with Gasteiger partial charge in [-0.05, 0) is 0 Å². The Kier molecular flexibility index (Phi) is 10.9. The van der Waals surface area contributed by atoms with Gasteiger partial charge in [0, 0.05) is 0 Å². The molecule has 0 spiro atoms. The Morgan fingerprint density at radius 2 is 1.81 bits per heavy atom. The maximum absolute atomic E-state index is 12.8. The Bertz CT molecular complexity index is 1210. The minimum atomic E-state index is -0.943. The molecular weight excluding hydrogens is 547 g/mol. The predicted octanol–water partition coefficient (Wildman–Crippen LogP) is 5.72. The fraction of sp³-hybridized carbons (Fsp3) is 0.414. The first-order chi connectivity index (χ1) is 17.7. The molecule has 0 bridgehead atoms. The van der Waals surface area contributed by atoms with Crippen LogP contribution in [0, 0.1) is 5.92 Å². The SMILES string of the molecule is CCCOc1nc(CC)c(C[As]C(=O)[C@@H](S)CC(C)C)n1Cc1ccc(-c2ccccc2C(=O)O)cc1. The van der Waals surface area contributed by atoms with Crippen LogP contribution in [0.15, 0.2) is 48.5 Å². The Labute approximate surface area is 231 Å². The molecule has 8 heteroatoms. The summed E-state index contributed by atoms with van der Waals surface area (Å²) in [5.41, 5.74) is 4.91. The van der Waals surface area contributed by atoms with Crippen LogP contribution >= 0.6 is 12.6 Å². The zero-order valence-corrected chi connectivity index (χ0v) is 24.7. The van der Waals surface area contributed by atoms with E-state index in [9.17, 15) is 14.7 Å². The topological polar surface area (TPSA) is 81.4 Å². The van der Waals surface area contributed by atoms with Gasteiger partial charge in [0.05, 0.1) is 0 Å². The van der Waals surface area contributed by atoms with E-state index in [4.69, 9.17) is 9.72 Å². The van der Waals surface area contributed by atoms with Crippen molar-refractivity contribution in [1.29, 1.82) is 0 Å². The Balaban J connectivity index is 1.88. The summed E-state index contributed by atoms with van der Waals surface area (Å²) in [5, 5.41) is 10.0. The van der Waals surface area contributed by atoms with Crippen molar-refractivity contribution >= 4 is 38.9 Å². The van der Waals surface area contributed by atoms with Gasteiger partial charge >= 0.3 is 233 Å². The van der Waals surface area contributed by atoms with Gasteiger partial charge in [0.1, 0.15) is 0 Å². The third kappa shape index (κ3) is 7.75. The summed E-state index contributed by atoms with van der Waals surface area (Å²) in [4.78, 5) is 29.2. The van der Waals surface area contributed by atoms with Gasteiger partial charge in [-0.15, -0.1) is 0 Å². The molecule has 0 aliphatic carbocycles. The molecule has 0 saturated carbocycles. The monoisotopic (exact) mass is 583 g/mol. The van der Waals surface area contributed by atoms with Crippen LogP contribution in [0.25, 0.3) is 11.1 Å². The summed E-state index contributed by atoms with van der Waals surface area (Å²) in [7, 11) is 0. The van der Waals surface area contributed by atoms with E-state index in [1.807, 2.05) is 36.4 Å². The molecule has 1 radical (unpaired) electrons. The number of carboxylic acid groups (broad SMARTS) is 1. The molecule has 0 aliphatic heterocycles. The van der Waals surface area contributed by atoms with Crippen molar-refractivity contribution in [1.82, 2.24) is 9.55 Å². The van der Waals surface area contributed by atoms with Crippen molar-refractivity contribution in [2.24, 2.45) is 5.92 Å². The van der Waals surface area contributed by atoms with Gasteiger partial charge in [-0.1, -0.05) is 0 Å². The molecule has 3 aromatic rings. The molecule has 0 fully saturated rings. The van der Waals surface area contributed by atoms with Crippen LogP contribution in [0.2, 0.25) is 0 Å². The second kappa shape index (κ2) is 13.9. The first kappa shape index (κ1) is 29.1. The number of aryl methyl sites for hydroxylation is 1. The minimum absolute atomic E-state index is 0.210. The molecule has 0 saturated heterocycles. The number of hydrogen-bond donors (Lipinski definition) is 2. The third-order valence-corrected chi connectivity index (χ3v) is 9.17. The average Bonchev–Trinajstić information content (AvgIpc) is 3.21. The Morgan fingerprint density at radius 1 is 1.11 bits per heavy atom. The van der Waals surface area contributed by atoms with E-state index in [2.05, 4.69) is 44.9 Å². The summed E-state index contributed by atoms with van der Waals surface area (Å²) in [6.07, 6.45) is 2.43. The van der Waals surface area contributed by atoms with Crippen LogP contribution in [0.4, 0.5) is 0 Å². The fourth-order valence-corrected chi connectivity index (χ4v) is 7.03. The number of imidazole rings is 1. The van der Waals surface area contributed by atoms with Gasteiger partial charge in [-0.2, -0.15) is 0 Å². The van der Waals surface area contributed by atoms with Crippen LogP contribution in [-0.4, -0.2) is 52.8 Å². The second-order valence-electron chi connectivity index (χ2n) is 9.42. The van der Waals surface area contributed by atoms with Crippen molar-refractivity contribution in [3.05, 3.63) is 71.0 Å². The number of rotatable bonds is 14. The molecule has 37 heavy (non-hydrogen) atoms. The Morgan fingerprint density at radius 3 is 2.43 bits per heavy atom. The standard InChI is InChI=1S/C29H36AsN2O4S/c1-5-15-36-29-31-24(6-2)25(17-30-27(33)26(37)16-19(3)4)32(29)18-20-11-13-21(14-12-20)22-9-7-8-10-23(22)28(34)35/h7-14,19,26,37H,5-6,15-18H2,1-4H3,(H,34,35)/t26-/m0/s1. The number of aromatic nitrogens is 2. The first-order valence-electron chi connectivity index (χ1n) is 12.8. The molecule has 0 amide bonds. The fourth-order valence-electron chi connectivity index (χ4n) is 4.14. The molecular formula is C29H36AsN2O4S. The molecule has 6 nitrogen and oxygen atoms in total. The van der Waals surface area contributed by atoms with Crippen LogP contribution in [0.3, 0.4) is 0 Å². The third-order valence-electron chi connectivity index (χ3n) is 6.02. The maximum atomic E-state index is 12.8. The van der Waals surface area contributed by atoms with Crippen molar-refractivity contribution in [3.63, 3.8) is 0 Å². The van der Waals surface area contributed by atoms with E-state index in [0.29, 0.717) is 35.9 Å². The first-order valence-corrected chi connectivity index (χ1v) is 15.5. The molecule has 0 unspecified atom stereocenters. The second-order valence-corrected chi connectivity index (χ2v) is 12.3. The number of ether oxygens (including phenoxy) is 1. The number of nitrogens with zero attached hydrogens (tertiary/aromatic N) is 2. The van der Waals surface area contributed by atoms with Gasteiger partial charge in [-0.3, -0.25) is 0 Å². The van der Waals surface area contributed by atoms with Gasteiger partial charge in [-0.25, -0.2) is 0 Å². The molecule has 1 N–H and O–H groups in total.